The molecule has 1 aromatic carbocycles. The van der Waals surface area contributed by atoms with E-state index in [2.05, 4.69) is 5.32 Å². The molecule has 1 heterocycles. The number of likely N-dealkylation sites (N-methyl/N-ethyl adjacent to an activating group) is 2. The van der Waals surface area contributed by atoms with Crippen molar-refractivity contribution in [3.05, 3.63) is 34.6 Å². The van der Waals surface area contributed by atoms with Crippen molar-refractivity contribution < 1.29 is 18.8 Å². The molecule has 8 heteroatoms. The van der Waals surface area contributed by atoms with E-state index in [9.17, 15) is 18.8 Å². The lowest BCUT2D eigenvalue weighted by atomic mass is 10.1. The zero-order valence-corrected chi connectivity index (χ0v) is 13.6. The van der Waals surface area contributed by atoms with Crippen molar-refractivity contribution in [2.24, 2.45) is 0 Å². The Morgan fingerprint density at radius 3 is 2.61 bits per heavy atom. The van der Waals surface area contributed by atoms with Crippen molar-refractivity contribution >= 4 is 29.4 Å². The Bertz CT molecular complexity index is 633. The SMILES string of the molecule is CN1C(=O)[C@H](CC(=O)NCCc2c(F)cccc2Cl)N(C)C1=O. The van der Waals surface area contributed by atoms with Crippen molar-refractivity contribution in [3.8, 4) is 0 Å². The molecule has 0 spiro atoms. The summed E-state index contributed by atoms with van der Waals surface area (Å²) in [6.07, 6.45) is 0.112. The first-order valence-corrected chi connectivity index (χ1v) is 7.44. The molecule has 23 heavy (non-hydrogen) atoms. The maximum absolute atomic E-state index is 13.6. The highest BCUT2D eigenvalue weighted by atomic mass is 35.5. The van der Waals surface area contributed by atoms with Crippen LogP contribution in [0.25, 0.3) is 0 Å². The van der Waals surface area contributed by atoms with Gasteiger partial charge in [0.15, 0.2) is 0 Å². The van der Waals surface area contributed by atoms with Gasteiger partial charge in [0.1, 0.15) is 11.9 Å². The number of urea groups is 1. The summed E-state index contributed by atoms with van der Waals surface area (Å²) in [5.74, 6) is -1.22. The second-order valence-corrected chi connectivity index (χ2v) is 5.72. The van der Waals surface area contributed by atoms with E-state index in [4.69, 9.17) is 11.6 Å². The van der Waals surface area contributed by atoms with Crippen molar-refractivity contribution in [1.29, 1.82) is 0 Å². The van der Waals surface area contributed by atoms with Gasteiger partial charge in [-0.05, 0) is 18.6 Å². The van der Waals surface area contributed by atoms with Crippen molar-refractivity contribution in [2.75, 3.05) is 20.6 Å². The summed E-state index contributed by atoms with van der Waals surface area (Å²) < 4.78 is 13.6. The number of carbonyl (C=O) groups is 3. The summed E-state index contributed by atoms with van der Waals surface area (Å²) in [6, 6.07) is 3.15. The minimum Gasteiger partial charge on any atom is -0.356 e. The Hall–Kier alpha value is -2.15. The third kappa shape index (κ3) is 3.61. The van der Waals surface area contributed by atoms with Crippen LogP contribution < -0.4 is 5.32 Å². The van der Waals surface area contributed by atoms with E-state index in [1.165, 1.54) is 31.1 Å². The average molecular weight is 342 g/mol. The van der Waals surface area contributed by atoms with E-state index in [1.807, 2.05) is 0 Å². The van der Waals surface area contributed by atoms with Gasteiger partial charge in [-0.2, -0.15) is 0 Å². The van der Waals surface area contributed by atoms with Gasteiger partial charge in [0, 0.05) is 31.2 Å². The van der Waals surface area contributed by atoms with Gasteiger partial charge in [-0.15, -0.1) is 0 Å². The number of amides is 4. The van der Waals surface area contributed by atoms with Crippen LogP contribution in [0.1, 0.15) is 12.0 Å². The largest absolute Gasteiger partial charge is 0.356 e. The van der Waals surface area contributed by atoms with Crippen LogP contribution in [0.15, 0.2) is 18.2 Å². The highest BCUT2D eigenvalue weighted by Gasteiger charge is 2.41. The molecule has 1 aliphatic heterocycles. The quantitative estimate of drug-likeness (QED) is 0.823. The summed E-state index contributed by atoms with van der Waals surface area (Å²) >= 11 is 5.91. The smallest absolute Gasteiger partial charge is 0.326 e. The molecule has 1 aromatic rings. The Kier molecular flexibility index (Phi) is 5.20. The van der Waals surface area contributed by atoms with Gasteiger partial charge in [0.05, 0.1) is 6.42 Å². The molecule has 2 rings (SSSR count). The highest BCUT2D eigenvalue weighted by Crippen LogP contribution is 2.19. The summed E-state index contributed by atoms with van der Waals surface area (Å²) in [4.78, 5) is 37.6. The first kappa shape index (κ1) is 17.2. The van der Waals surface area contributed by atoms with Gasteiger partial charge in [0.2, 0.25) is 5.91 Å². The molecule has 4 amide bonds. The van der Waals surface area contributed by atoms with Gasteiger partial charge in [-0.3, -0.25) is 14.5 Å². The van der Waals surface area contributed by atoms with Gasteiger partial charge in [0.25, 0.3) is 5.91 Å². The summed E-state index contributed by atoms with van der Waals surface area (Å²) in [5, 5.41) is 2.91. The number of carbonyl (C=O) groups excluding carboxylic acids is 3. The van der Waals surface area contributed by atoms with E-state index in [1.54, 1.807) is 6.07 Å². The molecule has 1 N–H and O–H groups in total. The molecule has 1 atom stereocenters. The molecule has 124 valence electrons. The van der Waals surface area contributed by atoms with Crippen molar-refractivity contribution in [2.45, 2.75) is 18.9 Å². The molecular formula is C15H17ClFN3O3. The Balaban J connectivity index is 1.87. The fourth-order valence-electron chi connectivity index (χ4n) is 2.42. The predicted octanol–water partition coefficient (Wildman–Crippen LogP) is 1.42. The third-order valence-electron chi connectivity index (χ3n) is 3.81. The Labute approximate surface area is 138 Å². The van der Waals surface area contributed by atoms with E-state index >= 15 is 0 Å². The number of nitrogens with zero attached hydrogens (tertiary/aromatic N) is 2. The molecular weight excluding hydrogens is 325 g/mol. The molecule has 0 unspecified atom stereocenters. The first-order chi connectivity index (χ1) is 10.8. The average Bonchev–Trinajstić information content (AvgIpc) is 2.68. The molecule has 1 fully saturated rings. The van der Waals surface area contributed by atoms with Crippen molar-refractivity contribution in [1.82, 2.24) is 15.1 Å². The number of rotatable bonds is 5. The number of hydrogen-bond donors (Lipinski definition) is 1. The summed E-state index contributed by atoms with van der Waals surface area (Å²) in [6.45, 7) is 0.188. The fourth-order valence-corrected chi connectivity index (χ4v) is 2.68. The number of nitrogens with one attached hydrogen (secondary N) is 1. The number of imide groups is 1. The Morgan fingerprint density at radius 1 is 1.35 bits per heavy atom. The molecule has 1 saturated heterocycles. The minimum atomic E-state index is -0.801. The second kappa shape index (κ2) is 6.95. The van der Waals surface area contributed by atoms with Crippen LogP contribution in [0.4, 0.5) is 9.18 Å². The van der Waals surface area contributed by atoms with Gasteiger partial charge in [-0.1, -0.05) is 17.7 Å². The summed E-state index contributed by atoms with van der Waals surface area (Å²) in [7, 11) is 2.85. The predicted molar refractivity (Wildman–Crippen MR) is 82.5 cm³/mol. The van der Waals surface area contributed by atoms with E-state index in [0.717, 1.165) is 4.90 Å². The fraction of sp³-hybridized carbons (Fsp3) is 0.400. The lowest BCUT2D eigenvalue weighted by molar-refractivity contribution is -0.131. The van der Waals surface area contributed by atoms with Crippen molar-refractivity contribution in [3.63, 3.8) is 0 Å². The highest BCUT2D eigenvalue weighted by molar-refractivity contribution is 6.31. The molecule has 0 aliphatic carbocycles. The van der Waals surface area contributed by atoms with E-state index in [-0.39, 0.29) is 25.3 Å². The summed E-state index contributed by atoms with van der Waals surface area (Å²) in [5.41, 5.74) is 0.332. The standard InChI is InChI=1S/C15H17ClFN3O3/c1-19-12(14(22)20(2)15(19)23)8-13(21)18-7-6-9-10(16)4-3-5-11(9)17/h3-5,12H,6-8H2,1-2H3,(H,18,21)/t12-/m0/s1. The van der Waals surface area contributed by atoms with Crippen LogP contribution >= 0.6 is 11.6 Å². The molecule has 0 radical (unpaired) electrons. The maximum atomic E-state index is 13.6. The van der Waals surface area contributed by atoms with Gasteiger partial charge < -0.3 is 10.2 Å². The van der Waals surface area contributed by atoms with Crippen LogP contribution in [0, 0.1) is 5.82 Å². The van der Waals surface area contributed by atoms with Crippen LogP contribution in [0.5, 0.6) is 0 Å². The molecule has 1 aliphatic rings. The van der Waals surface area contributed by atoms with Gasteiger partial charge in [-0.25, -0.2) is 9.18 Å². The minimum absolute atomic E-state index is 0.129. The molecule has 0 bridgehead atoms. The number of halogens is 2. The van der Waals surface area contributed by atoms with E-state index < -0.39 is 23.8 Å². The molecule has 0 saturated carbocycles. The first-order valence-electron chi connectivity index (χ1n) is 7.07. The lowest BCUT2D eigenvalue weighted by Crippen LogP contribution is -2.38. The Morgan fingerprint density at radius 2 is 2.04 bits per heavy atom. The zero-order valence-electron chi connectivity index (χ0n) is 12.8. The van der Waals surface area contributed by atoms with E-state index in [0.29, 0.717) is 10.6 Å². The second-order valence-electron chi connectivity index (χ2n) is 5.31. The lowest BCUT2D eigenvalue weighted by Gasteiger charge is -2.15. The number of benzene rings is 1. The maximum Gasteiger partial charge on any atom is 0.326 e. The van der Waals surface area contributed by atoms with Crippen LogP contribution in [0.2, 0.25) is 5.02 Å². The van der Waals surface area contributed by atoms with Crippen LogP contribution in [0.3, 0.4) is 0 Å². The third-order valence-corrected chi connectivity index (χ3v) is 4.16. The van der Waals surface area contributed by atoms with Crippen LogP contribution in [-0.2, 0) is 16.0 Å². The van der Waals surface area contributed by atoms with Crippen LogP contribution in [-0.4, -0.2) is 54.3 Å². The number of hydrogen-bond acceptors (Lipinski definition) is 3. The zero-order chi connectivity index (χ0) is 17.1. The molecule has 0 aromatic heterocycles. The van der Waals surface area contributed by atoms with Gasteiger partial charge >= 0.3 is 6.03 Å². The normalized spacial score (nSPS) is 17.8. The molecule has 6 nitrogen and oxygen atoms in total. The monoisotopic (exact) mass is 341 g/mol. The topological polar surface area (TPSA) is 69.7 Å².